The summed E-state index contributed by atoms with van der Waals surface area (Å²) in [6.45, 7) is 1.15. The Morgan fingerprint density at radius 3 is 3.30 bits per heavy atom. The third-order valence-corrected chi connectivity index (χ3v) is 2.67. The van der Waals surface area contributed by atoms with E-state index in [1.807, 2.05) is 18.0 Å². The van der Waals surface area contributed by atoms with Crippen molar-refractivity contribution in [2.75, 3.05) is 16.6 Å². The number of rotatable bonds is 1. The SMILES string of the molecule is c1cc(N2CCCS2)[nH]n1. The van der Waals surface area contributed by atoms with Gasteiger partial charge >= 0.3 is 0 Å². The van der Waals surface area contributed by atoms with Crippen LogP contribution in [0.25, 0.3) is 0 Å². The summed E-state index contributed by atoms with van der Waals surface area (Å²) in [5.41, 5.74) is 0. The minimum atomic E-state index is 1.13. The van der Waals surface area contributed by atoms with E-state index in [1.54, 1.807) is 6.20 Å². The molecule has 0 aliphatic carbocycles. The maximum Gasteiger partial charge on any atom is 0.134 e. The first kappa shape index (κ1) is 6.09. The van der Waals surface area contributed by atoms with Crippen LogP contribution in [0.15, 0.2) is 12.3 Å². The lowest BCUT2D eigenvalue weighted by molar-refractivity contribution is 0.961. The first-order chi connectivity index (χ1) is 4.97. The van der Waals surface area contributed by atoms with Crippen molar-refractivity contribution < 1.29 is 0 Å². The van der Waals surface area contributed by atoms with E-state index in [0.29, 0.717) is 0 Å². The van der Waals surface area contributed by atoms with Gasteiger partial charge in [-0.25, -0.2) is 0 Å². The normalized spacial score (nSPS) is 18.2. The van der Waals surface area contributed by atoms with Gasteiger partial charge in [-0.15, -0.1) is 0 Å². The van der Waals surface area contributed by atoms with Crippen LogP contribution in [0.3, 0.4) is 0 Å². The first-order valence-electron chi connectivity index (χ1n) is 3.36. The summed E-state index contributed by atoms with van der Waals surface area (Å²) in [5.74, 6) is 2.36. The third kappa shape index (κ3) is 0.988. The highest BCUT2D eigenvalue weighted by Crippen LogP contribution is 2.25. The Balaban J connectivity index is 2.12. The van der Waals surface area contributed by atoms with Gasteiger partial charge in [0.2, 0.25) is 0 Å². The van der Waals surface area contributed by atoms with E-state index in [1.165, 1.54) is 12.2 Å². The van der Waals surface area contributed by atoms with Crippen LogP contribution in [0.2, 0.25) is 0 Å². The molecule has 3 nitrogen and oxygen atoms in total. The molecule has 1 fully saturated rings. The number of H-pyrrole nitrogens is 1. The van der Waals surface area contributed by atoms with E-state index in [9.17, 15) is 0 Å². The van der Waals surface area contributed by atoms with Gasteiger partial charge in [0, 0.05) is 18.4 Å². The van der Waals surface area contributed by atoms with Crippen molar-refractivity contribution in [1.29, 1.82) is 0 Å². The van der Waals surface area contributed by atoms with Crippen molar-refractivity contribution >= 4 is 17.8 Å². The fourth-order valence-electron chi connectivity index (χ4n) is 1.02. The average molecular weight is 155 g/mol. The molecule has 0 saturated carbocycles. The van der Waals surface area contributed by atoms with Gasteiger partial charge < -0.3 is 4.31 Å². The monoisotopic (exact) mass is 155 g/mol. The van der Waals surface area contributed by atoms with Crippen LogP contribution in [0.1, 0.15) is 6.42 Å². The van der Waals surface area contributed by atoms with Gasteiger partial charge in [-0.1, -0.05) is 0 Å². The highest BCUT2D eigenvalue weighted by molar-refractivity contribution is 8.00. The zero-order valence-corrected chi connectivity index (χ0v) is 6.40. The number of nitrogens with one attached hydrogen (secondary N) is 1. The second kappa shape index (κ2) is 2.54. The van der Waals surface area contributed by atoms with E-state index >= 15 is 0 Å². The molecule has 2 rings (SSSR count). The molecule has 1 aliphatic rings. The van der Waals surface area contributed by atoms with Crippen LogP contribution in [0.5, 0.6) is 0 Å². The van der Waals surface area contributed by atoms with Gasteiger partial charge in [0.25, 0.3) is 0 Å². The molecule has 0 radical (unpaired) electrons. The lowest BCUT2D eigenvalue weighted by Crippen LogP contribution is -2.08. The van der Waals surface area contributed by atoms with Crippen molar-refractivity contribution in [3.63, 3.8) is 0 Å². The molecule has 0 atom stereocenters. The van der Waals surface area contributed by atoms with E-state index in [2.05, 4.69) is 14.5 Å². The van der Waals surface area contributed by atoms with Crippen LogP contribution in [0.4, 0.5) is 5.82 Å². The number of aromatic nitrogens is 2. The molecule has 4 heteroatoms. The third-order valence-electron chi connectivity index (χ3n) is 1.51. The largest absolute Gasteiger partial charge is 0.301 e. The van der Waals surface area contributed by atoms with Crippen LogP contribution in [-0.2, 0) is 0 Å². The van der Waals surface area contributed by atoms with Gasteiger partial charge in [0.15, 0.2) is 0 Å². The molecule has 2 heterocycles. The van der Waals surface area contributed by atoms with Crippen molar-refractivity contribution in [2.45, 2.75) is 6.42 Å². The number of anilines is 1. The molecule has 1 aromatic rings. The van der Waals surface area contributed by atoms with Gasteiger partial charge in [-0.3, -0.25) is 5.10 Å². The van der Waals surface area contributed by atoms with Gasteiger partial charge in [0.05, 0.1) is 6.20 Å². The summed E-state index contributed by atoms with van der Waals surface area (Å²) in [7, 11) is 0. The van der Waals surface area contributed by atoms with Crippen molar-refractivity contribution in [1.82, 2.24) is 10.2 Å². The Bertz CT molecular complexity index is 191. The van der Waals surface area contributed by atoms with Crippen molar-refractivity contribution in [3.8, 4) is 0 Å². The summed E-state index contributed by atoms with van der Waals surface area (Å²) < 4.78 is 2.24. The fraction of sp³-hybridized carbons (Fsp3) is 0.500. The smallest absolute Gasteiger partial charge is 0.134 e. The van der Waals surface area contributed by atoms with E-state index in [0.717, 1.165) is 12.4 Å². The highest BCUT2D eigenvalue weighted by atomic mass is 32.2. The van der Waals surface area contributed by atoms with Crippen LogP contribution in [0, 0.1) is 0 Å². The average Bonchev–Trinajstić information content (AvgIpc) is 2.59. The number of hydrogen-bond acceptors (Lipinski definition) is 3. The zero-order valence-electron chi connectivity index (χ0n) is 5.58. The van der Waals surface area contributed by atoms with E-state index in [4.69, 9.17) is 0 Å². The Morgan fingerprint density at radius 1 is 1.70 bits per heavy atom. The predicted molar refractivity (Wildman–Crippen MR) is 43.0 cm³/mol. The lowest BCUT2D eigenvalue weighted by Gasteiger charge is -2.11. The summed E-state index contributed by atoms with van der Waals surface area (Å²) >= 11 is 1.86. The predicted octanol–water partition coefficient (Wildman–Crippen LogP) is 1.27. The Labute approximate surface area is 63.9 Å². The molecule has 0 aromatic carbocycles. The van der Waals surface area contributed by atoms with Gasteiger partial charge in [0.1, 0.15) is 5.82 Å². The second-order valence-electron chi connectivity index (χ2n) is 2.23. The molecular formula is C6H9N3S. The lowest BCUT2D eigenvalue weighted by atomic mass is 10.5. The number of hydrogen-bond donors (Lipinski definition) is 1. The maximum absolute atomic E-state index is 3.89. The standard InChI is InChI=1S/C6H9N3S/c1-4-9(10-5-1)6-2-3-7-8-6/h2-3H,1,4-5H2,(H,7,8). The van der Waals surface area contributed by atoms with Crippen molar-refractivity contribution in [3.05, 3.63) is 12.3 Å². The minimum absolute atomic E-state index is 1.13. The summed E-state index contributed by atoms with van der Waals surface area (Å²) in [6.07, 6.45) is 3.07. The first-order valence-corrected chi connectivity index (χ1v) is 4.31. The van der Waals surface area contributed by atoms with Crippen LogP contribution < -0.4 is 4.31 Å². The van der Waals surface area contributed by atoms with E-state index in [-0.39, 0.29) is 0 Å². The zero-order chi connectivity index (χ0) is 6.81. The minimum Gasteiger partial charge on any atom is -0.301 e. The van der Waals surface area contributed by atoms with Gasteiger partial charge in [-0.2, -0.15) is 5.10 Å². The Kier molecular flexibility index (Phi) is 1.55. The molecule has 1 aliphatic heterocycles. The van der Waals surface area contributed by atoms with Crippen LogP contribution >= 0.6 is 11.9 Å². The van der Waals surface area contributed by atoms with Gasteiger partial charge in [-0.05, 0) is 18.4 Å². The molecule has 10 heavy (non-hydrogen) atoms. The molecule has 0 amide bonds. The van der Waals surface area contributed by atoms with Crippen LogP contribution in [-0.4, -0.2) is 22.5 Å². The molecule has 54 valence electrons. The molecule has 0 bridgehead atoms. The molecule has 1 N–H and O–H groups in total. The summed E-state index contributed by atoms with van der Waals surface area (Å²) in [6, 6.07) is 2.00. The molecule has 0 spiro atoms. The fourth-order valence-corrected chi connectivity index (χ4v) is 2.00. The number of aromatic amines is 1. The summed E-state index contributed by atoms with van der Waals surface area (Å²) in [4.78, 5) is 0. The highest BCUT2D eigenvalue weighted by Gasteiger charge is 2.13. The molecule has 0 unspecified atom stereocenters. The second-order valence-corrected chi connectivity index (χ2v) is 3.34. The maximum atomic E-state index is 3.89. The quantitative estimate of drug-likeness (QED) is 0.620. The molecule has 1 aromatic heterocycles. The van der Waals surface area contributed by atoms with E-state index < -0.39 is 0 Å². The summed E-state index contributed by atoms with van der Waals surface area (Å²) in [5, 5.41) is 6.82. The van der Waals surface area contributed by atoms with Crippen molar-refractivity contribution in [2.24, 2.45) is 0 Å². The number of nitrogens with zero attached hydrogens (tertiary/aromatic N) is 2. The topological polar surface area (TPSA) is 31.9 Å². The Hall–Kier alpha value is -0.640. The Morgan fingerprint density at radius 2 is 2.70 bits per heavy atom. The molecular weight excluding hydrogens is 146 g/mol. The molecule has 1 saturated heterocycles.